The summed E-state index contributed by atoms with van der Waals surface area (Å²) in [6, 6.07) is 15.1. The molecule has 1 saturated heterocycles. The summed E-state index contributed by atoms with van der Waals surface area (Å²) < 4.78 is 29.5. The zero-order chi connectivity index (χ0) is 31.7. The van der Waals surface area contributed by atoms with Gasteiger partial charge >= 0.3 is 6.09 Å². The molecule has 2 aliphatic heterocycles. The SMILES string of the molecule is COc1cc(C(=O)N2C[C@H](N)C[C@@H](F)C2)cc2nc(-c3cc4ccc(-c5ccc6c(c5)COC(=O)N6)nc4n3CC3CC3)n(C)c12. The summed E-state index contributed by atoms with van der Waals surface area (Å²) >= 11 is 0. The molecule has 5 heterocycles. The Morgan fingerprint density at radius 3 is 2.76 bits per heavy atom. The summed E-state index contributed by atoms with van der Waals surface area (Å²) in [7, 11) is 3.51. The van der Waals surface area contributed by atoms with E-state index in [0.29, 0.717) is 29.3 Å². The Balaban J connectivity index is 1.21. The first-order valence-electron chi connectivity index (χ1n) is 15.6. The summed E-state index contributed by atoms with van der Waals surface area (Å²) in [5.41, 5.74) is 12.9. The van der Waals surface area contributed by atoms with Gasteiger partial charge in [0, 0.05) is 48.3 Å². The fourth-order valence-corrected chi connectivity index (χ4v) is 6.74. The van der Waals surface area contributed by atoms with Gasteiger partial charge in [-0.2, -0.15) is 0 Å². The number of imidazole rings is 1. The number of pyridine rings is 1. The second-order valence-electron chi connectivity index (χ2n) is 12.6. The molecule has 0 bridgehead atoms. The first-order valence-corrected chi connectivity index (χ1v) is 15.6. The number of benzene rings is 2. The van der Waals surface area contributed by atoms with Crippen LogP contribution in [0, 0.1) is 5.92 Å². The molecule has 3 N–H and O–H groups in total. The third-order valence-electron chi connectivity index (χ3n) is 9.23. The standard InChI is InChI=1S/C34H34FN7O4/c1-40-30-27(10-21(12-29(30)45-2)33(43)41-15-23(35)13-24(36)16-41)38-32(40)28-11-20-6-8-25(37-31(20)42(28)14-18-3-4-18)19-5-7-26-22(9-19)17-46-34(44)39-26/h5-12,18,23-24H,3-4,13-17,36H2,1-2H3,(H,39,44)/t23-,24-/m1/s1. The Bertz CT molecular complexity index is 2040. The van der Waals surface area contributed by atoms with Gasteiger partial charge in [0.15, 0.2) is 5.82 Å². The lowest BCUT2D eigenvalue weighted by molar-refractivity contribution is 0.0606. The molecule has 0 radical (unpaired) electrons. The van der Waals surface area contributed by atoms with Crippen LogP contribution in [0.3, 0.4) is 0 Å². The molecule has 12 heteroatoms. The van der Waals surface area contributed by atoms with Crippen molar-refractivity contribution >= 4 is 39.8 Å². The number of carbonyl (C=O) groups is 2. The van der Waals surface area contributed by atoms with Gasteiger partial charge in [-0.05, 0) is 67.6 Å². The van der Waals surface area contributed by atoms with Crippen molar-refractivity contribution < 1.29 is 23.5 Å². The van der Waals surface area contributed by atoms with E-state index in [4.69, 9.17) is 25.2 Å². The van der Waals surface area contributed by atoms with Gasteiger partial charge in [-0.15, -0.1) is 0 Å². The smallest absolute Gasteiger partial charge is 0.411 e. The van der Waals surface area contributed by atoms with Gasteiger partial charge < -0.3 is 29.2 Å². The lowest BCUT2D eigenvalue weighted by Crippen LogP contribution is -2.50. The maximum atomic E-state index is 14.3. The van der Waals surface area contributed by atoms with Gasteiger partial charge in [-0.25, -0.2) is 19.2 Å². The van der Waals surface area contributed by atoms with Crippen molar-refractivity contribution in [1.29, 1.82) is 0 Å². The highest BCUT2D eigenvalue weighted by Crippen LogP contribution is 2.38. The number of hydrogen-bond acceptors (Lipinski definition) is 7. The van der Waals surface area contributed by atoms with Crippen molar-refractivity contribution in [3.8, 4) is 28.5 Å². The fourth-order valence-electron chi connectivity index (χ4n) is 6.74. The molecule has 8 rings (SSSR count). The average Bonchev–Trinajstić information content (AvgIpc) is 3.72. The van der Waals surface area contributed by atoms with Crippen molar-refractivity contribution in [2.24, 2.45) is 18.7 Å². The normalized spacial score (nSPS) is 19.7. The molecular weight excluding hydrogens is 589 g/mol. The Hall–Kier alpha value is -4.97. The molecule has 0 spiro atoms. The minimum absolute atomic E-state index is 0.0202. The highest BCUT2D eigenvalue weighted by Gasteiger charge is 2.31. The summed E-state index contributed by atoms with van der Waals surface area (Å²) in [4.78, 5) is 36.8. The molecule has 2 amide bonds. The first-order chi connectivity index (χ1) is 22.2. The number of nitrogens with zero attached hydrogens (tertiary/aromatic N) is 5. The van der Waals surface area contributed by atoms with Crippen LogP contribution in [-0.2, 0) is 24.9 Å². The number of ether oxygens (including phenoxy) is 2. The lowest BCUT2D eigenvalue weighted by Gasteiger charge is -2.33. The van der Waals surface area contributed by atoms with Crippen LogP contribution in [0.1, 0.15) is 35.2 Å². The van der Waals surface area contributed by atoms with Crippen LogP contribution in [0.2, 0.25) is 0 Å². The van der Waals surface area contributed by atoms with Crippen molar-refractivity contribution in [2.45, 2.75) is 44.6 Å². The Labute approximate surface area is 264 Å². The summed E-state index contributed by atoms with van der Waals surface area (Å²) in [5.74, 6) is 1.51. The number of nitrogens with two attached hydrogens (primary N) is 1. The zero-order valence-corrected chi connectivity index (χ0v) is 25.6. The van der Waals surface area contributed by atoms with E-state index in [-0.39, 0.29) is 25.5 Å². The predicted octanol–water partition coefficient (Wildman–Crippen LogP) is 5.25. The number of aromatic nitrogens is 4. The number of nitrogens with one attached hydrogen (secondary N) is 1. The molecule has 2 atom stereocenters. The van der Waals surface area contributed by atoms with Crippen molar-refractivity contribution in [3.63, 3.8) is 0 Å². The third-order valence-corrected chi connectivity index (χ3v) is 9.23. The van der Waals surface area contributed by atoms with Crippen LogP contribution in [0.25, 0.3) is 44.8 Å². The van der Waals surface area contributed by atoms with Gasteiger partial charge in [0.2, 0.25) is 0 Å². The zero-order valence-electron chi connectivity index (χ0n) is 25.6. The van der Waals surface area contributed by atoms with Crippen LogP contribution in [0.5, 0.6) is 5.75 Å². The van der Waals surface area contributed by atoms with E-state index in [1.807, 2.05) is 35.9 Å². The molecule has 11 nitrogen and oxygen atoms in total. The topological polar surface area (TPSA) is 130 Å². The number of rotatable bonds is 6. The van der Waals surface area contributed by atoms with Gasteiger partial charge in [-0.3, -0.25) is 10.1 Å². The number of halogens is 1. The predicted molar refractivity (Wildman–Crippen MR) is 171 cm³/mol. The Kier molecular flexibility index (Phi) is 6.71. The van der Waals surface area contributed by atoms with Crippen molar-refractivity contribution in [1.82, 2.24) is 24.0 Å². The minimum atomic E-state index is -1.15. The summed E-state index contributed by atoms with van der Waals surface area (Å²) in [5, 5.41) is 3.73. The number of anilines is 1. The number of piperidine rings is 1. The molecule has 2 aromatic carbocycles. The average molecular weight is 624 g/mol. The summed E-state index contributed by atoms with van der Waals surface area (Å²) in [6.45, 7) is 1.35. The number of fused-ring (bicyclic) bond motifs is 3. The third kappa shape index (κ3) is 4.93. The second kappa shape index (κ2) is 10.8. The van der Waals surface area contributed by atoms with Crippen LogP contribution < -0.4 is 15.8 Å². The van der Waals surface area contributed by atoms with Crippen LogP contribution >= 0.6 is 0 Å². The molecule has 5 aromatic rings. The van der Waals surface area contributed by atoms with Gasteiger partial charge in [0.05, 0.1) is 36.2 Å². The molecule has 46 heavy (non-hydrogen) atoms. The fraction of sp³-hybridized carbons (Fsp3) is 0.353. The minimum Gasteiger partial charge on any atom is -0.494 e. The number of methoxy groups -OCH3 is 1. The number of hydrogen-bond donors (Lipinski definition) is 2. The van der Waals surface area contributed by atoms with E-state index in [1.54, 1.807) is 19.2 Å². The number of aryl methyl sites for hydroxylation is 1. The lowest BCUT2D eigenvalue weighted by atomic mass is 10.0. The highest BCUT2D eigenvalue weighted by molar-refractivity contribution is 6.00. The Morgan fingerprint density at radius 2 is 1.98 bits per heavy atom. The van der Waals surface area contributed by atoms with E-state index < -0.39 is 18.3 Å². The number of amides is 2. The van der Waals surface area contributed by atoms with Gasteiger partial charge in [0.25, 0.3) is 5.91 Å². The maximum Gasteiger partial charge on any atom is 0.411 e. The summed E-state index contributed by atoms with van der Waals surface area (Å²) in [6.07, 6.45) is 0.984. The van der Waals surface area contributed by atoms with Gasteiger partial charge in [0.1, 0.15) is 29.7 Å². The highest BCUT2D eigenvalue weighted by atomic mass is 19.1. The molecular formula is C34H34FN7O4. The molecule has 1 saturated carbocycles. The number of carbonyl (C=O) groups excluding carboxylic acids is 2. The Morgan fingerprint density at radius 1 is 1.13 bits per heavy atom. The van der Waals surface area contributed by atoms with E-state index in [0.717, 1.165) is 70.0 Å². The number of alkyl halides is 1. The quantitative estimate of drug-likeness (QED) is 0.264. The van der Waals surface area contributed by atoms with E-state index in [2.05, 4.69) is 22.0 Å². The number of likely N-dealkylation sites (tertiary alicyclic amines) is 1. The van der Waals surface area contributed by atoms with E-state index in [9.17, 15) is 14.0 Å². The molecule has 2 fully saturated rings. The van der Waals surface area contributed by atoms with Gasteiger partial charge in [-0.1, -0.05) is 6.07 Å². The molecule has 3 aromatic heterocycles. The number of cyclic esters (lactones) is 1. The largest absolute Gasteiger partial charge is 0.494 e. The van der Waals surface area contributed by atoms with Crippen molar-refractivity contribution in [2.75, 3.05) is 25.5 Å². The van der Waals surface area contributed by atoms with E-state index in [1.165, 1.54) is 4.90 Å². The monoisotopic (exact) mass is 623 g/mol. The van der Waals surface area contributed by atoms with Crippen LogP contribution in [0.15, 0.2) is 48.5 Å². The first kappa shape index (κ1) is 28.5. The van der Waals surface area contributed by atoms with Crippen molar-refractivity contribution in [3.05, 3.63) is 59.7 Å². The molecule has 236 valence electrons. The van der Waals surface area contributed by atoms with Crippen LogP contribution in [-0.4, -0.2) is 68.4 Å². The van der Waals surface area contributed by atoms with Crippen LogP contribution in [0.4, 0.5) is 14.9 Å². The van der Waals surface area contributed by atoms with E-state index >= 15 is 0 Å². The molecule has 0 unspecified atom stereocenters. The molecule has 1 aliphatic carbocycles. The maximum absolute atomic E-state index is 14.3. The second-order valence-corrected chi connectivity index (χ2v) is 12.6. The molecule has 3 aliphatic rings.